The van der Waals surface area contributed by atoms with E-state index in [2.05, 4.69) is 40.7 Å². The first-order valence-corrected chi connectivity index (χ1v) is 25.4. The van der Waals surface area contributed by atoms with E-state index < -0.39 is 150 Å². The van der Waals surface area contributed by atoms with E-state index in [4.69, 9.17) is 33.2 Å². The number of ether oxygens (including phenoxy) is 7. The number of aliphatic hydroxyl groups excluding tert-OH is 6. The summed E-state index contributed by atoms with van der Waals surface area (Å²) in [5.41, 5.74) is -2.30. The smallest absolute Gasteiger partial charge is 0.335 e. The van der Waals surface area contributed by atoms with Crippen molar-refractivity contribution in [2.75, 3.05) is 13.2 Å². The maximum absolute atomic E-state index is 13.9. The Morgan fingerprint density at radius 1 is 0.732 bits per heavy atom. The van der Waals surface area contributed by atoms with Crippen molar-refractivity contribution < 1.29 is 88.1 Å². The maximum Gasteiger partial charge on any atom is 0.335 e. The van der Waals surface area contributed by atoms with Crippen molar-refractivity contribution in [2.24, 2.45) is 50.2 Å². The number of carbonyl (C=O) groups excluding carboxylic acids is 3. The van der Waals surface area contributed by atoms with Crippen LogP contribution in [0.25, 0.3) is 0 Å². The summed E-state index contributed by atoms with van der Waals surface area (Å²) in [6.07, 6.45) is -9.48. The molecule has 18 heteroatoms. The molecule has 20 atom stereocenters. The molecule has 6 fully saturated rings. The summed E-state index contributed by atoms with van der Waals surface area (Å²) in [7, 11) is 0. The quantitative estimate of drug-likeness (QED) is 0.0506. The third kappa shape index (κ3) is 8.94. The zero-order chi connectivity index (χ0) is 52.7. The number of carbonyl (C=O) groups is 4. The van der Waals surface area contributed by atoms with Crippen LogP contribution in [0, 0.1) is 50.2 Å². The van der Waals surface area contributed by atoms with Crippen LogP contribution >= 0.6 is 0 Å². The van der Waals surface area contributed by atoms with Gasteiger partial charge in [0.05, 0.1) is 24.7 Å². The molecular formula is C53H80O18. The van der Waals surface area contributed by atoms with Crippen molar-refractivity contribution in [2.45, 2.75) is 208 Å². The molecule has 7 aliphatic rings. The number of rotatable bonds is 11. The molecule has 0 unspecified atom stereocenters. The molecule has 0 spiro atoms. The summed E-state index contributed by atoms with van der Waals surface area (Å²) in [5, 5.41) is 75.7. The summed E-state index contributed by atoms with van der Waals surface area (Å²) < 4.78 is 42.7. The molecule has 4 saturated carbocycles. The van der Waals surface area contributed by atoms with E-state index in [1.54, 1.807) is 39.8 Å². The molecule has 2 aliphatic heterocycles. The minimum absolute atomic E-state index is 0.0328. The zero-order valence-electron chi connectivity index (χ0n) is 43.5. The topological polar surface area (TPSA) is 274 Å². The zero-order valence-corrected chi connectivity index (χ0v) is 43.5. The van der Waals surface area contributed by atoms with Gasteiger partial charge in [0.25, 0.3) is 0 Å². The molecule has 0 radical (unpaired) electrons. The van der Waals surface area contributed by atoms with Gasteiger partial charge in [0.15, 0.2) is 24.8 Å². The van der Waals surface area contributed by atoms with Crippen molar-refractivity contribution >= 4 is 23.9 Å². The highest BCUT2D eigenvalue weighted by Gasteiger charge is 2.74. The molecule has 0 aromatic heterocycles. The first-order chi connectivity index (χ1) is 33.0. The maximum atomic E-state index is 13.9. The second-order valence-electron chi connectivity index (χ2n) is 23.8. The molecule has 400 valence electrons. The largest absolute Gasteiger partial charge is 0.479 e. The van der Waals surface area contributed by atoms with Gasteiger partial charge in [-0.05, 0) is 112 Å². The molecule has 0 aromatic rings. The fourth-order valence-electron chi connectivity index (χ4n) is 15.0. The number of hydrogen-bond acceptors (Lipinski definition) is 17. The van der Waals surface area contributed by atoms with Crippen LogP contribution in [0.2, 0.25) is 0 Å². The predicted molar refractivity (Wildman–Crippen MR) is 252 cm³/mol. The Bertz CT molecular complexity index is 2150. The standard InChI is InChI=1S/C53H80O18/c1-13-25(3)44(63)70-41-42(71-45(64)26(4)14-2)53(24-54)29(21-48(41,6)7)28-15-16-32-50(10)19-18-33(49(8,9)31(50)17-20-51(32,11)52(28,12)22-34(53)66-27(5)55)67-47-38(60)39(37(59)40(69-47)43(61)62)68-46-36(58)35(57)30(56)23-65-46/h13-15,29-42,46-47,54,56-60H,16-24H2,1-12H3,(H,61,62)/b25-13?,26-14+/t29-,30-,31-,32+,33-,34+,35-,36+,37-,38+,39-,40-,41-,42-,46-,47+,50-,51+,52+,53-/m0/s1. The van der Waals surface area contributed by atoms with Gasteiger partial charge < -0.3 is 68.9 Å². The van der Waals surface area contributed by atoms with E-state index in [0.29, 0.717) is 43.3 Å². The van der Waals surface area contributed by atoms with Gasteiger partial charge in [-0.25, -0.2) is 14.4 Å². The Morgan fingerprint density at radius 2 is 1.35 bits per heavy atom. The average Bonchev–Trinajstić information content (AvgIpc) is 3.29. The molecule has 5 aliphatic carbocycles. The Balaban J connectivity index is 1.22. The fraction of sp³-hybridized carbons (Fsp3) is 0.811. The highest BCUT2D eigenvalue weighted by Crippen LogP contribution is 2.76. The third-order valence-corrected chi connectivity index (χ3v) is 19.4. The number of allylic oxidation sites excluding steroid dienone is 4. The van der Waals surface area contributed by atoms with Crippen LogP contribution in [0.3, 0.4) is 0 Å². The van der Waals surface area contributed by atoms with Gasteiger partial charge in [-0.2, -0.15) is 0 Å². The van der Waals surface area contributed by atoms with Crippen LogP contribution in [-0.4, -0.2) is 153 Å². The van der Waals surface area contributed by atoms with Gasteiger partial charge in [0, 0.05) is 23.5 Å². The van der Waals surface area contributed by atoms with E-state index in [1.807, 2.05) is 13.8 Å². The number of aliphatic hydroxyl groups is 6. The van der Waals surface area contributed by atoms with Gasteiger partial charge in [0.1, 0.15) is 48.8 Å². The number of esters is 3. The predicted octanol–water partition coefficient (Wildman–Crippen LogP) is 4.04. The minimum Gasteiger partial charge on any atom is -0.479 e. The lowest BCUT2D eigenvalue weighted by Gasteiger charge is -2.72. The average molecular weight is 1010 g/mol. The van der Waals surface area contributed by atoms with Crippen LogP contribution in [-0.2, 0) is 52.3 Å². The number of carboxylic acids is 1. The molecule has 7 rings (SSSR count). The number of carboxylic acid groups (broad SMARTS) is 1. The molecule has 0 bridgehead atoms. The van der Waals surface area contributed by atoms with Crippen LogP contribution in [0.1, 0.15) is 128 Å². The Kier molecular flexibility index (Phi) is 15.4. The molecule has 0 aromatic carbocycles. The second kappa shape index (κ2) is 19.8. The van der Waals surface area contributed by atoms with E-state index in [0.717, 1.165) is 18.4 Å². The van der Waals surface area contributed by atoms with Crippen molar-refractivity contribution in [3.05, 3.63) is 34.9 Å². The first-order valence-electron chi connectivity index (χ1n) is 25.4. The monoisotopic (exact) mass is 1000 g/mol. The normalized spacial score (nSPS) is 46.2. The highest BCUT2D eigenvalue weighted by atomic mass is 16.7. The molecule has 7 N–H and O–H groups in total. The van der Waals surface area contributed by atoms with Gasteiger partial charge in [0.2, 0.25) is 0 Å². The highest BCUT2D eigenvalue weighted by molar-refractivity contribution is 5.89. The molecule has 2 saturated heterocycles. The fourth-order valence-corrected chi connectivity index (χ4v) is 15.0. The summed E-state index contributed by atoms with van der Waals surface area (Å²) in [6, 6.07) is 0. The van der Waals surface area contributed by atoms with Crippen LogP contribution in [0.4, 0.5) is 0 Å². The van der Waals surface area contributed by atoms with Gasteiger partial charge in [-0.1, -0.05) is 72.3 Å². The SMILES string of the molecule is CC=C(C)C(=O)O[C@H]1[C@H](OC(=O)/C(C)=C/C)[C@]2(CO)[C@H](OC(C)=O)C[C@]3(C)C(=CC[C@@H]4[C@@]5(C)CC[C@H](O[C@@H]6O[C@H](C(=O)O)[C@@H](O)[C@H](O[C@@H]7OC[C@H](O)[C@H](O)[C@H]7O)[C@H]6O)C(C)(C)[C@@H]5CC[C@]43C)[C@@H]2CC1(C)C. The lowest BCUT2D eigenvalue weighted by Crippen LogP contribution is -2.73. The van der Waals surface area contributed by atoms with Gasteiger partial charge >= 0.3 is 23.9 Å². The molecular weight excluding hydrogens is 925 g/mol. The Labute approximate surface area is 417 Å². The van der Waals surface area contributed by atoms with Gasteiger partial charge in [-0.3, -0.25) is 4.79 Å². The Hall–Kier alpha value is -3.30. The summed E-state index contributed by atoms with van der Waals surface area (Å²) >= 11 is 0. The van der Waals surface area contributed by atoms with Crippen molar-refractivity contribution in [3.8, 4) is 0 Å². The van der Waals surface area contributed by atoms with E-state index in [1.165, 1.54) is 6.92 Å². The minimum atomic E-state index is -1.93. The molecule has 71 heavy (non-hydrogen) atoms. The van der Waals surface area contributed by atoms with Crippen molar-refractivity contribution in [3.63, 3.8) is 0 Å². The van der Waals surface area contributed by atoms with Crippen molar-refractivity contribution in [1.82, 2.24) is 0 Å². The van der Waals surface area contributed by atoms with E-state index >= 15 is 0 Å². The lowest BCUT2D eigenvalue weighted by atomic mass is 9.33. The third-order valence-electron chi connectivity index (χ3n) is 19.4. The second-order valence-corrected chi connectivity index (χ2v) is 23.8. The summed E-state index contributed by atoms with van der Waals surface area (Å²) in [4.78, 5) is 53.3. The molecule has 0 amide bonds. The van der Waals surface area contributed by atoms with Crippen LogP contribution in [0.5, 0.6) is 0 Å². The summed E-state index contributed by atoms with van der Waals surface area (Å²) in [6.45, 7) is 22.2. The van der Waals surface area contributed by atoms with E-state index in [-0.39, 0.29) is 17.3 Å². The number of fused-ring (bicyclic) bond motifs is 7. The molecule has 2 heterocycles. The molecule has 18 nitrogen and oxygen atoms in total. The Morgan fingerprint density at radius 3 is 1.93 bits per heavy atom. The van der Waals surface area contributed by atoms with Crippen LogP contribution < -0.4 is 0 Å². The first kappa shape index (κ1) is 55.5. The number of aliphatic carboxylic acids is 1. The lowest BCUT2D eigenvalue weighted by molar-refractivity contribution is -0.357. The number of hydrogen-bond donors (Lipinski definition) is 7. The van der Waals surface area contributed by atoms with Crippen LogP contribution in [0.15, 0.2) is 34.9 Å². The van der Waals surface area contributed by atoms with E-state index in [9.17, 15) is 54.9 Å². The van der Waals surface area contributed by atoms with Crippen molar-refractivity contribution in [1.29, 1.82) is 0 Å². The van der Waals surface area contributed by atoms with Gasteiger partial charge in [-0.15, -0.1) is 0 Å². The summed E-state index contributed by atoms with van der Waals surface area (Å²) in [5.74, 6) is -3.66.